The minimum Gasteiger partial charge on any atom is -0.494 e. The number of fused-ring (bicyclic) bond motifs is 1. The number of carbonyl (C=O) groups excluding carboxylic acids is 1. The van der Waals surface area contributed by atoms with Gasteiger partial charge in [0.15, 0.2) is 15.0 Å². The molecule has 1 aromatic heterocycles. The number of thiazole rings is 1. The van der Waals surface area contributed by atoms with Crippen LogP contribution in [0.4, 0.5) is 5.13 Å². The van der Waals surface area contributed by atoms with Crippen LogP contribution < -0.4 is 10.1 Å². The summed E-state index contributed by atoms with van der Waals surface area (Å²) in [5, 5.41) is 3.25. The monoisotopic (exact) mass is 418 g/mol. The van der Waals surface area contributed by atoms with Crippen molar-refractivity contribution in [2.75, 3.05) is 17.7 Å². The summed E-state index contributed by atoms with van der Waals surface area (Å²) in [5.74, 6) is 0.502. The topological polar surface area (TPSA) is 85.4 Å². The maximum Gasteiger partial charge on any atom is 0.226 e. The molecule has 1 heterocycles. The molecule has 0 atom stereocenters. The van der Waals surface area contributed by atoms with Crippen molar-refractivity contribution in [2.45, 2.75) is 25.5 Å². The van der Waals surface area contributed by atoms with Gasteiger partial charge in [0.25, 0.3) is 0 Å². The molecule has 0 saturated heterocycles. The second-order valence-corrected chi connectivity index (χ2v) is 9.53. The van der Waals surface area contributed by atoms with Crippen LogP contribution in [0.3, 0.4) is 0 Å². The zero-order valence-electron chi connectivity index (χ0n) is 15.6. The van der Waals surface area contributed by atoms with E-state index in [1.54, 1.807) is 12.1 Å². The normalized spacial score (nSPS) is 11.5. The van der Waals surface area contributed by atoms with E-state index in [9.17, 15) is 13.2 Å². The maximum absolute atomic E-state index is 12.2. The molecular weight excluding hydrogens is 396 g/mol. The Bertz CT molecular complexity index is 1050. The number of rotatable bonds is 9. The Morgan fingerprint density at radius 1 is 1.18 bits per heavy atom. The molecule has 28 heavy (non-hydrogen) atoms. The minimum atomic E-state index is -3.24. The molecule has 0 spiro atoms. The predicted octanol–water partition coefficient (Wildman–Crippen LogP) is 4.03. The maximum atomic E-state index is 12.2. The molecule has 2 aromatic carbocycles. The SMILES string of the molecule is CCOc1ccc2nc(NC(=O)CCCS(=O)(=O)Cc3ccccc3)sc2c1. The fraction of sp³-hybridized carbons (Fsp3) is 0.300. The Morgan fingerprint density at radius 3 is 2.71 bits per heavy atom. The second-order valence-electron chi connectivity index (χ2n) is 6.31. The van der Waals surface area contributed by atoms with Crippen LogP contribution in [0.5, 0.6) is 5.75 Å². The summed E-state index contributed by atoms with van der Waals surface area (Å²) >= 11 is 1.37. The van der Waals surface area contributed by atoms with E-state index in [4.69, 9.17) is 4.74 Å². The first-order valence-corrected chi connectivity index (χ1v) is 11.7. The Morgan fingerprint density at radius 2 is 1.96 bits per heavy atom. The van der Waals surface area contributed by atoms with Crippen LogP contribution in [0, 0.1) is 0 Å². The van der Waals surface area contributed by atoms with Crippen LogP contribution >= 0.6 is 11.3 Å². The van der Waals surface area contributed by atoms with Gasteiger partial charge in [-0.3, -0.25) is 4.79 Å². The number of benzene rings is 2. The van der Waals surface area contributed by atoms with E-state index in [-0.39, 0.29) is 30.3 Å². The summed E-state index contributed by atoms with van der Waals surface area (Å²) in [6.07, 6.45) is 0.411. The van der Waals surface area contributed by atoms with E-state index < -0.39 is 9.84 Å². The molecule has 0 fully saturated rings. The first-order chi connectivity index (χ1) is 13.4. The van der Waals surface area contributed by atoms with Crippen molar-refractivity contribution in [1.82, 2.24) is 4.98 Å². The Hall–Kier alpha value is -2.45. The van der Waals surface area contributed by atoms with Gasteiger partial charge in [0.2, 0.25) is 5.91 Å². The van der Waals surface area contributed by atoms with Gasteiger partial charge >= 0.3 is 0 Å². The Balaban J connectivity index is 1.51. The van der Waals surface area contributed by atoms with Crippen LogP contribution in [-0.4, -0.2) is 31.7 Å². The van der Waals surface area contributed by atoms with Crippen LogP contribution in [0.15, 0.2) is 48.5 Å². The number of amides is 1. The van der Waals surface area contributed by atoms with Gasteiger partial charge in [-0.15, -0.1) is 0 Å². The summed E-state index contributed by atoms with van der Waals surface area (Å²) in [5.41, 5.74) is 1.54. The molecule has 0 unspecified atom stereocenters. The van der Waals surface area contributed by atoms with Crippen LogP contribution in [-0.2, 0) is 20.4 Å². The van der Waals surface area contributed by atoms with E-state index in [1.807, 2.05) is 43.3 Å². The third-order valence-corrected chi connectivity index (χ3v) is 6.62. The molecule has 0 saturated carbocycles. The van der Waals surface area contributed by atoms with E-state index in [0.29, 0.717) is 11.7 Å². The average Bonchev–Trinajstić information content (AvgIpc) is 3.03. The molecular formula is C20H22N2O4S2. The highest BCUT2D eigenvalue weighted by atomic mass is 32.2. The standard InChI is InChI=1S/C20H22N2O4S2/c1-2-26-16-10-11-17-18(13-16)27-20(21-17)22-19(23)9-6-12-28(24,25)14-15-7-4-3-5-8-15/h3-5,7-8,10-11,13H,2,6,9,12,14H2,1H3,(H,21,22,23). The van der Waals surface area contributed by atoms with Crippen molar-refractivity contribution >= 4 is 42.4 Å². The lowest BCUT2D eigenvalue weighted by atomic mass is 10.2. The number of nitrogens with one attached hydrogen (secondary N) is 1. The van der Waals surface area contributed by atoms with Gasteiger partial charge in [-0.2, -0.15) is 0 Å². The third kappa shape index (κ3) is 5.77. The number of ether oxygens (including phenoxy) is 1. The zero-order valence-corrected chi connectivity index (χ0v) is 17.2. The lowest BCUT2D eigenvalue weighted by Crippen LogP contribution is -2.15. The summed E-state index contributed by atoms with van der Waals surface area (Å²) in [4.78, 5) is 16.5. The molecule has 0 aliphatic heterocycles. The fourth-order valence-corrected chi connectivity index (χ4v) is 5.09. The van der Waals surface area contributed by atoms with Crippen LogP contribution in [0.2, 0.25) is 0 Å². The first kappa shape index (κ1) is 20.3. The summed E-state index contributed by atoms with van der Waals surface area (Å²) < 4.78 is 30.8. The van der Waals surface area contributed by atoms with Gasteiger partial charge in [0.1, 0.15) is 5.75 Å². The number of aromatic nitrogens is 1. The largest absolute Gasteiger partial charge is 0.494 e. The average molecular weight is 419 g/mol. The molecule has 0 bridgehead atoms. The molecule has 0 radical (unpaired) electrons. The Kier molecular flexibility index (Phi) is 6.64. The minimum absolute atomic E-state index is 0.00447. The van der Waals surface area contributed by atoms with Gasteiger partial charge in [-0.1, -0.05) is 41.7 Å². The van der Waals surface area contributed by atoms with Gasteiger partial charge < -0.3 is 10.1 Å². The number of sulfone groups is 1. The molecule has 6 nitrogen and oxygen atoms in total. The lowest BCUT2D eigenvalue weighted by molar-refractivity contribution is -0.116. The number of carbonyl (C=O) groups is 1. The van der Waals surface area contributed by atoms with Crippen molar-refractivity contribution in [3.63, 3.8) is 0 Å². The molecule has 1 N–H and O–H groups in total. The van der Waals surface area contributed by atoms with Gasteiger partial charge in [0, 0.05) is 6.42 Å². The summed E-state index contributed by atoms with van der Waals surface area (Å²) in [6.45, 7) is 2.50. The quantitative estimate of drug-likeness (QED) is 0.567. The highest BCUT2D eigenvalue weighted by molar-refractivity contribution is 7.90. The number of hydrogen-bond acceptors (Lipinski definition) is 6. The number of nitrogens with zero attached hydrogens (tertiary/aromatic N) is 1. The highest BCUT2D eigenvalue weighted by Gasteiger charge is 2.14. The Labute approximate surface area is 168 Å². The molecule has 1 amide bonds. The van der Waals surface area contributed by atoms with Crippen molar-refractivity contribution in [1.29, 1.82) is 0 Å². The van der Waals surface area contributed by atoms with E-state index in [1.165, 1.54) is 11.3 Å². The van der Waals surface area contributed by atoms with E-state index >= 15 is 0 Å². The molecule has 3 rings (SSSR count). The first-order valence-electron chi connectivity index (χ1n) is 9.03. The number of anilines is 1. The predicted molar refractivity (Wildman–Crippen MR) is 113 cm³/mol. The molecule has 148 valence electrons. The molecule has 3 aromatic rings. The zero-order chi connectivity index (χ0) is 20.0. The van der Waals surface area contributed by atoms with Crippen LogP contribution in [0.1, 0.15) is 25.3 Å². The molecule has 8 heteroatoms. The smallest absolute Gasteiger partial charge is 0.226 e. The van der Waals surface area contributed by atoms with Crippen molar-refractivity contribution in [2.24, 2.45) is 0 Å². The fourth-order valence-electron chi connectivity index (χ4n) is 2.75. The van der Waals surface area contributed by atoms with Gasteiger partial charge in [0.05, 0.1) is 28.3 Å². The van der Waals surface area contributed by atoms with Gasteiger partial charge in [-0.25, -0.2) is 13.4 Å². The molecule has 0 aliphatic carbocycles. The highest BCUT2D eigenvalue weighted by Crippen LogP contribution is 2.29. The second kappa shape index (κ2) is 9.16. The van der Waals surface area contributed by atoms with E-state index in [0.717, 1.165) is 21.5 Å². The lowest BCUT2D eigenvalue weighted by Gasteiger charge is -2.05. The van der Waals surface area contributed by atoms with Crippen LogP contribution in [0.25, 0.3) is 10.2 Å². The van der Waals surface area contributed by atoms with Crippen molar-refractivity contribution in [3.8, 4) is 5.75 Å². The van der Waals surface area contributed by atoms with E-state index in [2.05, 4.69) is 10.3 Å². The molecule has 0 aliphatic rings. The summed E-state index contributed by atoms with van der Waals surface area (Å²) in [6, 6.07) is 14.6. The van der Waals surface area contributed by atoms with Crippen molar-refractivity contribution in [3.05, 3.63) is 54.1 Å². The van der Waals surface area contributed by atoms with Crippen molar-refractivity contribution < 1.29 is 17.9 Å². The summed E-state index contributed by atoms with van der Waals surface area (Å²) in [7, 11) is -3.24. The van der Waals surface area contributed by atoms with Gasteiger partial charge in [-0.05, 0) is 37.1 Å². The number of hydrogen-bond donors (Lipinski definition) is 1. The third-order valence-electron chi connectivity index (χ3n) is 4.01.